The highest BCUT2D eigenvalue weighted by atomic mass is 35.5. The van der Waals surface area contributed by atoms with Crippen LogP contribution in [0.4, 0.5) is 0 Å². The van der Waals surface area contributed by atoms with Crippen LogP contribution in [0.2, 0.25) is 0 Å². The van der Waals surface area contributed by atoms with E-state index in [0.717, 1.165) is 74.8 Å². The number of halogens is 2. The van der Waals surface area contributed by atoms with Gasteiger partial charge >= 0.3 is 30.6 Å². The zero-order valence-corrected chi connectivity index (χ0v) is 55.2. The molecule has 0 aromatic heterocycles. The lowest BCUT2D eigenvalue weighted by Gasteiger charge is -2.59. The van der Waals surface area contributed by atoms with E-state index < -0.39 is 29.5 Å². The van der Waals surface area contributed by atoms with Gasteiger partial charge in [0.1, 0.15) is 6.29 Å². The van der Waals surface area contributed by atoms with Crippen molar-refractivity contribution >= 4 is 60.1 Å². The minimum Gasteiger partial charge on any atom is -0.371 e. The van der Waals surface area contributed by atoms with Gasteiger partial charge in [-0.1, -0.05) is 144 Å². The summed E-state index contributed by atoms with van der Waals surface area (Å²) in [5.74, 6) is 8.20. The van der Waals surface area contributed by atoms with Crippen LogP contribution in [0.3, 0.4) is 0 Å². The van der Waals surface area contributed by atoms with Crippen molar-refractivity contribution in [2.24, 2.45) is 43.3 Å². The number of unbranched alkanes of at least 4 members (excludes halogenated alkanes) is 3. The highest BCUT2D eigenvalue weighted by Crippen LogP contribution is 2.61. The molecule has 11 nitrogen and oxygen atoms in total. The van der Waals surface area contributed by atoms with Crippen LogP contribution in [0.15, 0.2) is 10.8 Å². The molecule has 3 saturated heterocycles. The number of hydrogen-bond acceptors (Lipinski definition) is 11. The molecular formula is C59H106Cl2O11Si2. The average molecular weight is 1120 g/mol. The van der Waals surface area contributed by atoms with Crippen molar-refractivity contribution in [1.82, 2.24) is 0 Å². The van der Waals surface area contributed by atoms with Crippen LogP contribution >= 0.6 is 23.2 Å². The van der Waals surface area contributed by atoms with Gasteiger partial charge in [-0.15, -0.1) is 29.1 Å². The standard InChI is InChI=1S/C29H53ClO4Si.C28H53ClO3Si.2CO2/c1-24(2,3)18-22-27(10,11)23(21(19-31)16-14-15-17-30)35(32-22)33-28(12,25(4,5)6)20-29(13,34-35)26(7,8)9;1-23(2,3)20-22(26(10,11)18-16-14-15-17-19-29)30-33-31-27(12,24(4,5)6)21-28(13,32-33)25(7,8)9;2*2-1-3/h19,22H,14-18,20H2,1-13H3;22,33H,14-15,17,19-21H2,1-13H3;;/b23-21-;;;/t22-,28?,29?,35?;22-,27?,28?,33?;;/m00../s1. The topological polar surface area (TPSA) is 141 Å². The highest BCUT2D eigenvalue weighted by Gasteiger charge is 2.72. The molecule has 0 aromatic carbocycles. The maximum Gasteiger partial charge on any atom is 0.535 e. The Morgan fingerprint density at radius 1 is 0.649 bits per heavy atom. The van der Waals surface area contributed by atoms with E-state index in [2.05, 4.69) is 192 Å². The first-order chi connectivity index (χ1) is 33.1. The van der Waals surface area contributed by atoms with Gasteiger partial charge in [-0.05, 0) is 125 Å². The smallest absolute Gasteiger partial charge is 0.371 e. The monoisotopic (exact) mass is 1120 g/mol. The Morgan fingerprint density at radius 3 is 1.39 bits per heavy atom. The number of hydrogen-bond donors (Lipinski definition) is 0. The Bertz CT molecular complexity index is 1890. The lowest BCUT2D eigenvalue weighted by atomic mass is 9.66. The minimum atomic E-state index is -3.47. The molecule has 74 heavy (non-hydrogen) atoms. The molecule has 4 unspecified atom stereocenters. The normalized spacial score (nSPS) is 29.6. The van der Waals surface area contributed by atoms with Crippen LogP contribution in [0.1, 0.15) is 244 Å². The first-order valence-electron chi connectivity index (χ1n) is 27.0. The number of allylic oxidation sites excluding steroid dienone is 1. The van der Waals surface area contributed by atoms with E-state index in [-0.39, 0.29) is 79.0 Å². The van der Waals surface area contributed by atoms with Gasteiger partial charge in [-0.25, -0.2) is 0 Å². The fraction of sp³-hybridized carbons (Fsp3) is 0.881. The van der Waals surface area contributed by atoms with Gasteiger partial charge in [0.25, 0.3) is 0 Å². The van der Waals surface area contributed by atoms with E-state index in [4.69, 9.17) is 68.9 Å². The van der Waals surface area contributed by atoms with Crippen molar-refractivity contribution in [3.05, 3.63) is 10.8 Å². The molecule has 430 valence electrons. The summed E-state index contributed by atoms with van der Waals surface area (Å²) in [6.07, 6.45) is 10.0. The number of aldehydes is 1. The maximum atomic E-state index is 12.7. The molecule has 0 saturated carbocycles. The molecule has 6 atom stereocenters. The third-order valence-corrected chi connectivity index (χ3v) is 22.4. The van der Waals surface area contributed by atoms with Gasteiger partial charge in [0.2, 0.25) is 0 Å². The number of carbonyl (C=O) groups excluding carboxylic acids is 5. The van der Waals surface area contributed by atoms with Crippen molar-refractivity contribution in [2.75, 3.05) is 11.8 Å². The van der Waals surface area contributed by atoms with Crippen molar-refractivity contribution in [2.45, 2.75) is 279 Å². The molecule has 0 bridgehead atoms. The van der Waals surface area contributed by atoms with Crippen LogP contribution < -0.4 is 0 Å². The first kappa shape index (κ1) is 72.5. The second-order valence-electron chi connectivity index (χ2n) is 29.5. The largest absolute Gasteiger partial charge is 0.535 e. The average Bonchev–Trinajstić information content (AvgIpc) is 3.36. The molecule has 0 aromatic rings. The lowest BCUT2D eigenvalue weighted by molar-refractivity contribution is -0.205. The van der Waals surface area contributed by atoms with Crippen molar-refractivity contribution in [1.29, 1.82) is 0 Å². The summed E-state index contributed by atoms with van der Waals surface area (Å²) >= 11 is 11.8. The van der Waals surface area contributed by atoms with Crippen molar-refractivity contribution in [3.8, 4) is 11.8 Å². The molecule has 0 aliphatic carbocycles. The second-order valence-corrected chi connectivity index (χ2v) is 33.9. The Morgan fingerprint density at radius 2 is 1.04 bits per heavy atom. The summed E-state index contributed by atoms with van der Waals surface area (Å²) in [6, 6.07) is 0. The van der Waals surface area contributed by atoms with Crippen LogP contribution in [0, 0.1) is 55.2 Å². The summed E-state index contributed by atoms with van der Waals surface area (Å²) in [7, 11) is -5.93. The van der Waals surface area contributed by atoms with E-state index in [1.807, 2.05) is 0 Å². The third kappa shape index (κ3) is 20.0. The molecule has 3 heterocycles. The zero-order chi connectivity index (χ0) is 58.7. The molecule has 3 aliphatic heterocycles. The van der Waals surface area contributed by atoms with Crippen LogP contribution in [0.25, 0.3) is 0 Å². The molecule has 0 amide bonds. The summed E-state index contributed by atoms with van der Waals surface area (Å²) < 4.78 is 41.9. The fourth-order valence-corrected chi connectivity index (χ4v) is 17.0. The van der Waals surface area contributed by atoms with Gasteiger partial charge in [0.05, 0.1) is 40.0 Å². The number of alkyl halides is 2. The zero-order valence-electron chi connectivity index (χ0n) is 51.5. The predicted molar refractivity (Wildman–Crippen MR) is 303 cm³/mol. The first-order valence-corrected chi connectivity index (χ1v) is 31.2. The van der Waals surface area contributed by atoms with Crippen molar-refractivity contribution < 1.29 is 50.5 Å². The molecule has 0 N–H and O–H groups in total. The summed E-state index contributed by atoms with van der Waals surface area (Å²) in [4.78, 5) is 45.2. The SMILES string of the molecule is CC(C)(C)C[C@@H]1O[Si]2(OC(C)(C(C)(C)C)CC(C)(C(C)(C)C)O2)/C(=C(\C=O)CCCCCl)C1(C)C.CC(C)(C)C[C@H](O[SiH]1OC(C)(C(C)(C)C)CC(C)(C(C)(C)C)O1)C(C)(C)C#CCCCCCl.O=C=O.O=C=O. The highest BCUT2D eigenvalue weighted by molar-refractivity contribution is 6.71. The Kier molecular flexibility index (Phi) is 26.6. The summed E-state index contributed by atoms with van der Waals surface area (Å²) in [5.41, 5.74) is -1.72. The molecule has 1 spiro atoms. The summed E-state index contributed by atoms with van der Waals surface area (Å²) in [6.45, 7) is 58.2. The van der Waals surface area contributed by atoms with Gasteiger partial charge in [-0.2, -0.15) is 19.2 Å². The van der Waals surface area contributed by atoms with Gasteiger partial charge in [0, 0.05) is 41.6 Å². The maximum absolute atomic E-state index is 12.7. The van der Waals surface area contributed by atoms with Crippen molar-refractivity contribution in [3.63, 3.8) is 0 Å². The fourth-order valence-electron chi connectivity index (χ4n) is 9.34. The van der Waals surface area contributed by atoms with Crippen LogP contribution in [-0.4, -0.2) is 83.3 Å². The van der Waals surface area contributed by atoms with Gasteiger partial charge in [-0.3, -0.25) is 4.79 Å². The van der Waals surface area contributed by atoms with E-state index in [1.165, 1.54) is 0 Å². The Labute approximate surface area is 464 Å². The Balaban J connectivity index is 0.00000130. The number of rotatable bonds is 13. The molecule has 3 fully saturated rings. The quantitative estimate of drug-likeness (QED) is 0.0435. The second kappa shape index (κ2) is 27.1. The predicted octanol–water partition coefficient (Wildman–Crippen LogP) is 15.1. The van der Waals surface area contributed by atoms with E-state index in [1.54, 1.807) is 0 Å². The summed E-state index contributed by atoms with van der Waals surface area (Å²) in [5, 5.41) is 0.995. The van der Waals surface area contributed by atoms with E-state index in [9.17, 15) is 4.79 Å². The van der Waals surface area contributed by atoms with Crippen LogP contribution in [-0.2, 0) is 50.5 Å². The molecule has 3 rings (SSSR count). The third-order valence-electron chi connectivity index (χ3n) is 16.2. The molecular weight excluding hydrogens is 1010 g/mol. The van der Waals surface area contributed by atoms with Crippen LogP contribution in [0.5, 0.6) is 0 Å². The van der Waals surface area contributed by atoms with Gasteiger partial charge < -0.3 is 26.6 Å². The lowest BCUT2D eigenvalue weighted by Crippen LogP contribution is -2.69. The molecule has 15 heteroatoms. The molecule has 0 radical (unpaired) electrons. The number of carbonyl (C=O) groups is 1. The van der Waals surface area contributed by atoms with E-state index >= 15 is 0 Å². The van der Waals surface area contributed by atoms with E-state index in [0.29, 0.717) is 18.2 Å². The minimum absolute atomic E-state index is 0.0326. The Hall–Kier alpha value is -1.50. The van der Waals surface area contributed by atoms with Gasteiger partial charge in [0.15, 0.2) is 0 Å². The molecule has 3 aliphatic rings.